The van der Waals surface area contributed by atoms with Crippen molar-refractivity contribution in [2.24, 2.45) is 23.6 Å². The minimum Gasteiger partial charge on any atom is -0.460 e. The first-order valence-corrected chi connectivity index (χ1v) is 9.09. The molecule has 0 aromatic heterocycles. The molecule has 5 nitrogen and oxygen atoms in total. The fourth-order valence-electron chi connectivity index (χ4n) is 2.79. The number of carbonyl (C=O) groups excluding carboxylic acids is 2. The maximum Gasteiger partial charge on any atom is 0.310 e. The fraction of sp³-hybridized carbons (Fsp3) is 0.524. The largest absolute Gasteiger partial charge is 0.460 e. The summed E-state index contributed by atoms with van der Waals surface area (Å²) in [6, 6.07) is 9.82. The normalized spacial score (nSPS) is 14.3. The van der Waals surface area contributed by atoms with Crippen LogP contribution in [0.15, 0.2) is 36.4 Å². The van der Waals surface area contributed by atoms with Gasteiger partial charge in [0.25, 0.3) is 0 Å². The molecule has 2 atom stereocenters. The highest BCUT2D eigenvalue weighted by atomic mass is 16.6. The standard InChI is InChI=1S/C21H32N2O3/c1-15(2)14-18(19(24)23-22)17(20(25)26-21(3,4)5)13-9-12-16-10-7-6-8-11-16/h6-12,15,17-18H,13-14,22H2,1-5H3,(H,23,24)/b12-9-/t17-,18?/m0/s1. The van der Waals surface area contributed by atoms with E-state index in [2.05, 4.69) is 5.43 Å². The van der Waals surface area contributed by atoms with Gasteiger partial charge in [0.05, 0.1) is 11.8 Å². The third-order valence-electron chi connectivity index (χ3n) is 3.90. The smallest absolute Gasteiger partial charge is 0.310 e. The summed E-state index contributed by atoms with van der Waals surface area (Å²) in [5.41, 5.74) is 2.64. The van der Waals surface area contributed by atoms with E-state index in [1.807, 2.05) is 77.1 Å². The summed E-state index contributed by atoms with van der Waals surface area (Å²) in [7, 11) is 0. The Labute approximate surface area is 157 Å². The molecule has 26 heavy (non-hydrogen) atoms. The van der Waals surface area contributed by atoms with Crippen molar-refractivity contribution in [3.63, 3.8) is 0 Å². The minimum absolute atomic E-state index is 0.250. The molecule has 1 aromatic rings. The number of rotatable bonds is 8. The Balaban J connectivity index is 3.04. The molecule has 0 radical (unpaired) electrons. The lowest BCUT2D eigenvalue weighted by Gasteiger charge is -2.28. The van der Waals surface area contributed by atoms with Crippen LogP contribution in [-0.4, -0.2) is 17.5 Å². The highest BCUT2D eigenvalue weighted by Crippen LogP contribution is 2.27. The molecule has 0 aliphatic carbocycles. The van der Waals surface area contributed by atoms with Crippen LogP contribution >= 0.6 is 0 Å². The SMILES string of the molecule is CC(C)CC(C(=O)NN)[C@H](C/C=C\c1ccccc1)C(=O)OC(C)(C)C. The Bertz CT molecular complexity index is 603. The molecule has 144 valence electrons. The lowest BCUT2D eigenvalue weighted by Crippen LogP contribution is -2.43. The number of nitrogens with one attached hydrogen (secondary N) is 1. The van der Waals surface area contributed by atoms with E-state index < -0.39 is 17.4 Å². The average molecular weight is 360 g/mol. The second kappa shape index (κ2) is 10.1. The molecule has 0 saturated carbocycles. The molecule has 1 rings (SSSR count). The van der Waals surface area contributed by atoms with Gasteiger partial charge in [-0.3, -0.25) is 15.0 Å². The first-order valence-electron chi connectivity index (χ1n) is 9.09. The van der Waals surface area contributed by atoms with Crippen molar-refractivity contribution in [3.05, 3.63) is 42.0 Å². The first kappa shape index (κ1) is 21.9. The zero-order valence-electron chi connectivity index (χ0n) is 16.5. The van der Waals surface area contributed by atoms with Gasteiger partial charge in [-0.25, -0.2) is 5.84 Å². The summed E-state index contributed by atoms with van der Waals surface area (Å²) in [4.78, 5) is 25.1. The number of amides is 1. The summed E-state index contributed by atoms with van der Waals surface area (Å²) in [5.74, 6) is 3.80. The highest BCUT2D eigenvalue weighted by molar-refractivity contribution is 5.85. The Morgan fingerprint density at radius 2 is 1.77 bits per heavy atom. The number of carbonyl (C=O) groups is 2. The lowest BCUT2D eigenvalue weighted by atomic mass is 9.82. The van der Waals surface area contributed by atoms with Crippen molar-refractivity contribution in [1.29, 1.82) is 0 Å². The lowest BCUT2D eigenvalue weighted by molar-refractivity contribution is -0.164. The zero-order chi connectivity index (χ0) is 19.7. The van der Waals surface area contributed by atoms with Crippen LogP contribution in [0.2, 0.25) is 0 Å². The predicted molar refractivity (Wildman–Crippen MR) is 105 cm³/mol. The highest BCUT2D eigenvalue weighted by Gasteiger charge is 2.35. The number of ether oxygens (including phenoxy) is 1. The van der Waals surface area contributed by atoms with Gasteiger partial charge in [0, 0.05) is 0 Å². The second-order valence-corrected chi connectivity index (χ2v) is 7.93. The molecule has 1 amide bonds. The third kappa shape index (κ3) is 7.83. The molecule has 1 unspecified atom stereocenters. The second-order valence-electron chi connectivity index (χ2n) is 7.93. The van der Waals surface area contributed by atoms with Gasteiger partial charge in [-0.15, -0.1) is 0 Å². The van der Waals surface area contributed by atoms with Gasteiger partial charge in [-0.05, 0) is 45.1 Å². The maximum atomic E-state index is 12.8. The van der Waals surface area contributed by atoms with E-state index in [-0.39, 0.29) is 17.8 Å². The van der Waals surface area contributed by atoms with E-state index in [0.717, 1.165) is 5.56 Å². The molecule has 0 aliphatic rings. The van der Waals surface area contributed by atoms with Crippen molar-refractivity contribution < 1.29 is 14.3 Å². The average Bonchev–Trinajstić information content (AvgIpc) is 2.55. The van der Waals surface area contributed by atoms with Gasteiger partial charge >= 0.3 is 5.97 Å². The molecule has 3 N–H and O–H groups in total. The number of benzene rings is 1. The number of allylic oxidation sites excluding steroid dienone is 1. The van der Waals surface area contributed by atoms with E-state index >= 15 is 0 Å². The molecule has 1 aromatic carbocycles. The van der Waals surface area contributed by atoms with Crippen LogP contribution in [0.4, 0.5) is 0 Å². The summed E-state index contributed by atoms with van der Waals surface area (Å²) in [5, 5.41) is 0. The number of esters is 1. The number of hydrogen-bond donors (Lipinski definition) is 2. The summed E-state index contributed by atoms with van der Waals surface area (Å²) >= 11 is 0. The van der Waals surface area contributed by atoms with Crippen molar-refractivity contribution in [2.75, 3.05) is 0 Å². The molecule has 0 bridgehead atoms. The quantitative estimate of drug-likeness (QED) is 0.320. The maximum absolute atomic E-state index is 12.8. The minimum atomic E-state index is -0.611. The van der Waals surface area contributed by atoms with E-state index in [1.165, 1.54) is 0 Å². The number of nitrogens with two attached hydrogens (primary N) is 1. The molecule has 0 aliphatic heterocycles. The van der Waals surface area contributed by atoms with Gasteiger partial charge < -0.3 is 4.74 Å². The molecule has 5 heteroatoms. The van der Waals surface area contributed by atoms with E-state index in [0.29, 0.717) is 12.8 Å². The third-order valence-corrected chi connectivity index (χ3v) is 3.90. The van der Waals surface area contributed by atoms with Gasteiger partial charge in [-0.1, -0.05) is 56.3 Å². The summed E-state index contributed by atoms with van der Waals surface area (Å²) < 4.78 is 5.57. The van der Waals surface area contributed by atoms with Crippen molar-refractivity contribution in [1.82, 2.24) is 5.43 Å². The van der Waals surface area contributed by atoms with Gasteiger partial charge in [0.1, 0.15) is 5.60 Å². The van der Waals surface area contributed by atoms with Gasteiger partial charge in [0.15, 0.2) is 0 Å². The number of hydrazine groups is 1. The van der Waals surface area contributed by atoms with E-state index in [4.69, 9.17) is 10.6 Å². The molecular weight excluding hydrogens is 328 g/mol. The van der Waals surface area contributed by atoms with E-state index in [1.54, 1.807) is 0 Å². The van der Waals surface area contributed by atoms with Crippen LogP contribution in [-0.2, 0) is 14.3 Å². The summed E-state index contributed by atoms with van der Waals surface area (Å²) in [6.07, 6.45) is 4.84. The van der Waals surface area contributed by atoms with Crippen LogP contribution in [0.3, 0.4) is 0 Å². The molecule has 0 heterocycles. The van der Waals surface area contributed by atoms with Gasteiger partial charge in [0.2, 0.25) is 5.91 Å². The van der Waals surface area contributed by atoms with Crippen molar-refractivity contribution in [3.8, 4) is 0 Å². The van der Waals surface area contributed by atoms with Crippen LogP contribution in [0.1, 0.15) is 53.0 Å². The Kier molecular flexibility index (Phi) is 8.52. The Morgan fingerprint density at radius 1 is 1.15 bits per heavy atom. The predicted octanol–water partition coefficient (Wildman–Crippen LogP) is 3.70. The topological polar surface area (TPSA) is 81.4 Å². The van der Waals surface area contributed by atoms with Gasteiger partial charge in [-0.2, -0.15) is 0 Å². The first-order chi connectivity index (χ1) is 12.1. The van der Waals surface area contributed by atoms with Crippen LogP contribution in [0, 0.1) is 17.8 Å². The molecule has 0 spiro atoms. The molecule has 0 fully saturated rings. The van der Waals surface area contributed by atoms with Crippen molar-refractivity contribution >= 4 is 18.0 Å². The van der Waals surface area contributed by atoms with Crippen LogP contribution in [0.25, 0.3) is 6.08 Å². The Morgan fingerprint density at radius 3 is 2.27 bits per heavy atom. The van der Waals surface area contributed by atoms with E-state index in [9.17, 15) is 9.59 Å². The molecular formula is C21H32N2O3. The van der Waals surface area contributed by atoms with Crippen LogP contribution in [0.5, 0.6) is 0 Å². The fourth-order valence-corrected chi connectivity index (χ4v) is 2.79. The zero-order valence-corrected chi connectivity index (χ0v) is 16.5. The number of hydrogen-bond acceptors (Lipinski definition) is 4. The molecule has 0 saturated heterocycles. The monoisotopic (exact) mass is 360 g/mol. The summed E-state index contributed by atoms with van der Waals surface area (Å²) in [6.45, 7) is 9.50. The van der Waals surface area contributed by atoms with Crippen LogP contribution < -0.4 is 11.3 Å². The Hall–Kier alpha value is -2.14. The van der Waals surface area contributed by atoms with Crippen molar-refractivity contribution in [2.45, 2.75) is 53.1 Å².